The van der Waals surface area contributed by atoms with E-state index in [4.69, 9.17) is 0 Å². The second-order valence-corrected chi connectivity index (χ2v) is 5.54. The Kier molecular flexibility index (Phi) is 4.92. The van der Waals surface area contributed by atoms with Crippen LogP contribution in [-0.2, 0) is 0 Å². The zero-order valence-corrected chi connectivity index (χ0v) is 11.8. The fourth-order valence-electron chi connectivity index (χ4n) is 3.07. The Morgan fingerprint density at radius 1 is 1.21 bits per heavy atom. The summed E-state index contributed by atoms with van der Waals surface area (Å²) in [5.41, 5.74) is 0.838. The minimum Gasteiger partial charge on any atom is -0.313 e. The first-order valence-corrected chi connectivity index (χ1v) is 7.33. The van der Waals surface area contributed by atoms with Crippen molar-refractivity contribution in [2.75, 3.05) is 6.54 Å². The molecule has 1 aromatic carbocycles. The second kappa shape index (κ2) is 6.47. The molecular weight excluding hydrogens is 244 g/mol. The third-order valence-corrected chi connectivity index (χ3v) is 4.11. The Balaban J connectivity index is 2.29. The number of hydrogen-bond donors (Lipinski definition) is 1. The molecule has 1 aliphatic rings. The number of benzene rings is 1. The number of halogens is 2. The van der Waals surface area contributed by atoms with E-state index < -0.39 is 5.82 Å². The maximum atomic E-state index is 14.3. The van der Waals surface area contributed by atoms with Crippen LogP contribution in [0.1, 0.15) is 56.1 Å². The Morgan fingerprint density at radius 2 is 1.95 bits per heavy atom. The van der Waals surface area contributed by atoms with Gasteiger partial charge in [0.15, 0.2) is 0 Å². The number of rotatable bonds is 4. The zero-order chi connectivity index (χ0) is 13.8. The van der Waals surface area contributed by atoms with Crippen molar-refractivity contribution in [3.63, 3.8) is 0 Å². The molecule has 0 heterocycles. The van der Waals surface area contributed by atoms with Gasteiger partial charge in [-0.1, -0.05) is 25.8 Å². The molecule has 0 saturated heterocycles. The molecule has 1 aliphatic carbocycles. The van der Waals surface area contributed by atoms with Crippen LogP contribution in [0.4, 0.5) is 8.78 Å². The van der Waals surface area contributed by atoms with Gasteiger partial charge in [-0.2, -0.15) is 0 Å². The van der Waals surface area contributed by atoms with Crippen LogP contribution >= 0.6 is 0 Å². The predicted octanol–water partition coefficient (Wildman–Crippen LogP) is 4.30. The molecule has 0 aromatic heterocycles. The molecule has 1 N–H and O–H groups in total. The van der Waals surface area contributed by atoms with Crippen LogP contribution < -0.4 is 5.32 Å². The van der Waals surface area contributed by atoms with Crippen molar-refractivity contribution in [3.8, 4) is 0 Å². The first-order chi connectivity index (χ1) is 9.15. The van der Waals surface area contributed by atoms with Gasteiger partial charge < -0.3 is 5.32 Å². The number of hydrogen-bond acceptors (Lipinski definition) is 1. The monoisotopic (exact) mass is 267 g/mol. The summed E-state index contributed by atoms with van der Waals surface area (Å²) in [6.45, 7) is 4.73. The van der Waals surface area contributed by atoms with Crippen LogP contribution in [0.2, 0.25) is 0 Å². The summed E-state index contributed by atoms with van der Waals surface area (Å²) in [4.78, 5) is 0. The van der Waals surface area contributed by atoms with Crippen molar-refractivity contribution in [2.45, 2.75) is 57.9 Å². The van der Waals surface area contributed by atoms with Crippen LogP contribution in [0.25, 0.3) is 0 Å². The molecule has 2 unspecified atom stereocenters. The lowest BCUT2D eigenvalue weighted by molar-refractivity contribution is 0.314. The van der Waals surface area contributed by atoms with Gasteiger partial charge in [0.05, 0.1) is 0 Å². The van der Waals surface area contributed by atoms with E-state index in [1.807, 2.05) is 0 Å². The van der Waals surface area contributed by atoms with Crippen molar-refractivity contribution >= 4 is 0 Å². The normalized spacial score (nSPS) is 23.6. The molecule has 0 radical (unpaired) electrons. The van der Waals surface area contributed by atoms with Crippen LogP contribution in [-0.4, -0.2) is 12.6 Å². The van der Waals surface area contributed by atoms with Gasteiger partial charge in [-0.15, -0.1) is 0 Å². The molecule has 0 aliphatic heterocycles. The third kappa shape index (κ3) is 3.14. The van der Waals surface area contributed by atoms with Crippen LogP contribution in [0.5, 0.6) is 0 Å². The number of aryl methyl sites for hydroxylation is 1. The lowest BCUT2D eigenvalue weighted by Crippen LogP contribution is -2.38. The van der Waals surface area contributed by atoms with Crippen LogP contribution in [0.15, 0.2) is 12.1 Å². The van der Waals surface area contributed by atoms with Gasteiger partial charge in [-0.05, 0) is 44.4 Å². The van der Waals surface area contributed by atoms with E-state index in [0.29, 0.717) is 11.1 Å². The minimum absolute atomic E-state index is 0.0276. The van der Waals surface area contributed by atoms with Crippen molar-refractivity contribution in [3.05, 3.63) is 34.9 Å². The zero-order valence-electron chi connectivity index (χ0n) is 11.8. The lowest BCUT2D eigenvalue weighted by Gasteiger charge is -2.33. The maximum Gasteiger partial charge on any atom is 0.132 e. The maximum absolute atomic E-state index is 14.3. The smallest absolute Gasteiger partial charge is 0.132 e. The highest BCUT2D eigenvalue weighted by Gasteiger charge is 2.30. The largest absolute Gasteiger partial charge is 0.313 e. The third-order valence-electron chi connectivity index (χ3n) is 4.11. The standard InChI is InChI=1S/C16H23F2N/c1-3-10-19-14-7-5-4-6-12(14)15-13(17)9-8-11(2)16(15)18/h8-9,12,14,19H,3-7,10H2,1-2H3. The molecule has 106 valence electrons. The molecule has 0 bridgehead atoms. The predicted molar refractivity (Wildman–Crippen MR) is 74.4 cm³/mol. The lowest BCUT2D eigenvalue weighted by atomic mass is 9.79. The molecule has 2 atom stereocenters. The highest BCUT2D eigenvalue weighted by atomic mass is 19.1. The molecule has 0 spiro atoms. The molecule has 1 aromatic rings. The molecule has 1 saturated carbocycles. The highest BCUT2D eigenvalue weighted by Crippen LogP contribution is 2.36. The Hall–Kier alpha value is -0.960. The van der Waals surface area contributed by atoms with E-state index in [1.54, 1.807) is 6.92 Å². The Bertz CT molecular complexity index is 431. The molecule has 2 rings (SSSR count). The average molecular weight is 267 g/mol. The summed E-state index contributed by atoms with van der Waals surface area (Å²) in [5.74, 6) is -0.770. The summed E-state index contributed by atoms with van der Waals surface area (Å²) < 4.78 is 28.3. The average Bonchev–Trinajstić information content (AvgIpc) is 2.42. The van der Waals surface area contributed by atoms with E-state index in [9.17, 15) is 8.78 Å². The van der Waals surface area contributed by atoms with E-state index in [2.05, 4.69) is 12.2 Å². The summed E-state index contributed by atoms with van der Waals surface area (Å²) in [6.07, 6.45) is 5.13. The van der Waals surface area contributed by atoms with Crippen molar-refractivity contribution in [2.24, 2.45) is 0 Å². The molecule has 0 amide bonds. The molecule has 1 nitrogen and oxygen atoms in total. The summed E-state index contributed by atoms with van der Waals surface area (Å²) in [5, 5.41) is 3.46. The molecule has 19 heavy (non-hydrogen) atoms. The van der Waals surface area contributed by atoms with Crippen LogP contribution in [0, 0.1) is 18.6 Å². The summed E-state index contributed by atoms with van der Waals surface area (Å²) in [7, 11) is 0. The second-order valence-electron chi connectivity index (χ2n) is 5.54. The van der Waals surface area contributed by atoms with Crippen molar-refractivity contribution in [1.29, 1.82) is 0 Å². The fraction of sp³-hybridized carbons (Fsp3) is 0.625. The van der Waals surface area contributed by atoms with Crippen molar-refractivity contribution < 1.29 is 8.78 Å². The first-order valence-electron chi connectivity index (χ1n) is 7.33. The molecule has 1 fully saturated rings. The van der Waals surface area contributed by atoms with E-state index in [-0.39, 0.29) is 17.8 Å². The molecular formula is C16H23F2N. The van der Waals surface area contributed by atoms with Gasteiger partial charge in [-0.25, -0.2) is 8.78 Å². The van der Waals surface area contributed by atoms with Crippen LogP contribution in [0.3, 0.4) is 0 Å². The Labute approximate surface area is 114 Å². The minimum atomic E-state index is -0.390. The van der Waals surface area contributed by atoms with E-state index >= 15 is 0 Å². The fourth-order valence-corrected chi connectivity index (χ4v) is 3.07. The van der Waals surface area contributed by atoms with Gasteiger partial charge in [0.25, 0.3) is 0 Å². The van der Waals surface area contributed by atoms with Gasteiger partial charge in [0, 0.05) is 17.5 Å². The summed E-state index contributed by atoms with van der Waals surface area (Å²) >= 11 is 0. The first kappa shape index (κ1) is 14.4. The molecule has 3 heteroatoms. The number of nitrogens with one attached hydrogen (secondary N) is 1. The van der Waals surface area contributed by atoms with Gasteiger partial charge in [0.1, 0.15) is 11.6 Å². The van der Waals surface area contributed by atoms with Crippen molar-refractivity contribution in [1.82, 2.24) is 5.32 Å². The SMILES string of the molecule is CCCNC1CCCCC1c1c(F)ccc(C)c1F. The Morgan fingerprint density at radius 3 is 2.68 bits per heavy atom. The topological polar surface area (TPSA) is 12.0 Å². The summed E-state index contributed by atoms with van der Waals surface area (Å²) in [6, 6.07) is 3.13. The van der Waals surface area contributed by atoms with E-state index in [1.165, 1.54) is 12.1 Å². The van der Waals surface area contributed by atoms with Gasteiger partial charge in [-0.3, -0.25) is 0 Å². The highest BCUT2D eigenvalue weighted by molar-refractivity contribution is 5.31. The van der Waals surface area contributed by atoms with Gasteiger partial charge in [0.2, 0.25) is 0 Å². The van der Waals surface area contributed by atoms with Gasteiger partial charge >= 0.3 is 0 Å². The quantitative estimate of drug-likeness (QED) is 0.857. The van der Waals surface area contributed by atoms with E-state index in [0.717, 1.165) is 38.6 Å².